The van der Waals surface area contributed by atoms with E-state index < -0.39 is 6.16 Å². The van der Waals surface area contributed by atoms with Crippen LogP contribution in [0.2, 0.25) is 10.0 Å². The Labute approximate surface area is 159 Å². The van der Waals surface area contributed by atoms with Gasteiger partial charge < -0.3 is 9.84 Å². The van der Waals surface area contributed by atoms with E-state index in [4.69, 9.17) is 33.0 Å². The maximum Gasteiger partial charge on any atom is 0.512 e. The van der Waals surface area contributed by atoms with E-state index in [1.54, 1.807) is 49.0 Å². The third kappa shape index (κ3) is 3.79. The van der Waals surface area contributed by atoms with E-state index in [1.807, 2.05) is 0 Å². The van der Waals surface area contributed by atoms with Crippen LogP contribution in [-0.2, 0) is 6.54 Å². The number of carbonyl (C=O) groups is 1. The molecular formula is C17H14Cl2N4O3. The number of hydrogen-bond acceptors (Lipinski definition) is 5. The van der Waals surface area contributed by atoms with Crippen molar-refractivity contribution in [2.24, 2.45) is 0 Å². The molecule has 2 aromatic heterocycles. The molecule has 3 aromatic rings. The molecule has 0 spiro atoms. The van der Waals surface area contributed by atoms with E-state index in [0.717, 1.165) is 0 Å². The number of halogens is 2. The fraction of sp³-hybridized carbons (Fsp3) is 0.176. The summed E-state index contributed by atoms with van der Waals surface area (Å²) in [5.74, 6) is 0.512. The predicted molar refractivity (Wildman–Crippen MR) is 96.9 cm³/mol. The van der Waals surface area contributed by atoms with Crippen molar-refractivity contribution in [3.63, 3.8) is 0 Å². The molecule has 26 heavy (non-hydrogen) atoms. The normalized spacial score (nSPS) is 10.8. The molecule has 3 rings (SSSR count). The fourth-order valence-electron chi connectivity index (χ4n) is 2.52. The lowest BCUT2D eigenvalue weighted by molar-refractivity contribution is 0.140. The molecule has 1 aromatic carbocycles. The number of ether oxygens (including phenoxy) is 1. The maximum atomic E-state index is 11.1. The second kappa shape index (κ2) is 7.31. The van der Waals surface area contributed by atoms with Crippen molar-refractivity contribution < 1.29 is 14.6 Å². The highest BCUT2D eigenvalue weighted by Crippen LogP contribution is 2.30. The summed E-state index contributed by atoms with van der Waals surface area (Å²) in [6.45, 7) is 3.66. The van der Waals surface area contributed by atoms with Crippen LogP contribution in [0.1, 0.15) is 17.0 Å². The molecule has 1 N–H and O–H groups in total. The Kier molecular flexibility index (Phi) is 5.11. The average molecular weight is 393 g/mol. The molecule has 0 saturated carbocycles. The van der Waals surface area contributed by atoms with Crippen LogP contribution < -0.4 is 4.74 Å². The van der Waals surface area contributed by atoms with Gasteiger partial charge in [0.2, 0.25) is 5.88 Å². The number of nitrogens with zero attached hydrogens (tertiary/aromatic N) is 4. The number of aromatic nitrogens is 4. The molecule has 0 aliphatic carbocycles. The van der Waals surface area contributed by atoms with Gasteiger partial charge in [0.25, 0.3) is 0 Å². The third-order valence-electron chi connectivity index (χ3n) is 3.59. The zero-order valence-corrected chi connectivity index (χ0v) is 15.4. The molecule has 0 fully saturated rings. The van der Waals surface area contributed by atoms with E-state index in [-0.39, 0.29) is 12.4 Å². The summed E-state index contributed by atoms with van der Waals surface area (Å²) in [5, 5.41) is 10.1. The van der Waals surface area contributed by atoms with E-state index in [0.29, 0.717) is 38.5 Å². The van der Waals surface area contributed by atoms with E-state index in [1.165, 1.54) is 0 Å². The third-order valence-corrected chi connectivity index (χ3v) is 4.19. The zero-order chi connectivity index (χ0) is 18.8. The van der Waals surface area contributed by atoms with Crippen LogP contribution in [-0.4, -0.2) is 30.8 Å². The molecule has 0 saturated heterocycles. The smallest absolute Gasteiger partial charge is 0.449 e. The minimum atomic E-state index is -1.44. The number of aryl methyl sites for hydroxylation is 2. The summed E-state index contributed by atoms with van der Waals surface area (Å²) in [5.41, 5.74) is 2.29. The molecule has 9 heteroatoms. The summed E-state index contributed by atoms with van der Waals surface area (Å²) in [7, 11) is 0. The number of carboxylic acid groups (broad SMARTS) is 1. The van der Waals surface area contributed by atoms with Gasteiger partial charge in [-0.15, -0.1) is 0 Å². The molecule has 0 unspecified atom stereocenters. The predicted octanol–water partition coefficient (Wildman–Crippen LogP) is 4.37. The summed E-state index contributed by atoms with van der Waals surface area (Å²) in [6.07, 6.45) is 1.73. The highest BCUT2D eigenvalue weighted by molar-refractivity contribution is 6.33. The quantitative estimate of drug-likeness (QED) is 0.662. The van der Waals surface area contributed by atoms with Gasteiger partial charge in [0.05, 0.1) is 18.4 Å². The SMILES string of the molecule is Cc1cncc(-c2nc(C)c(OC(=O)O)n2Cc2cc(Cl)ccc2Cl)n1. The van der Waals surface area contributed by atoms with Gasteiger partial charge in [0.1, 0.15) is 11.4 Å². The van der Waals surface area contributed by atoms with E-state index in [2.05, 4.69) is 15.0 Å². The van der Waals surface area contributed by atoms with Crippen molar-refractivity contribution >= 4 is 29.4 Å². The van der Waals surface area contributed by atoms with Gasteiger partial charge in [-0.05, 0) is 37.6 Å². The van der Waals surface area contributed by atoms with Crippen molar-refractivity contribution in [2.75, 3.05) is 0 Å². The molecule has 0 atom stereocenters. The van der Waals surface area contributed by atoms with Crippen molar-refractivity contribution in [3.05, 3.63) is 57.6 Å². The number of benzene rings is 1. The molecule has 0 aliphatic rings. The Morgan fingerprint density at radius 1 is 1.23 bits per heavy atom. The van der Waals surface area contributed by atoms with Crippen LogP contribution in [0.25, 0.3) is 11.5 Å². The van der Waals surface area contributed by atoms with Crippen molar-refractivity contribution in [1.29, 1.82) is 0 Å². The molecule has 0 radical (unpaired) electrons. The molecule has 2 heterocycles. The van der Waals surface area contributed by atoms with Crippen molar-refractivity contribution in [2.45, 2.75) is 20.4 Å². The van der Waals surface area contributed by atoms with E-state index in [9.17, 15) is 4.79 Å². The molecular weight excluding hydrogens is 379 g/mol. The second-order valence-electron chi connectivity index (χ2n) is 5.56. The minimum absolute atomic E-state index is 0.0897. The van der Waals surface area contributed by atoms with Gasteiger partial charge in [-0.1, -0.05) is 23.2 Å². The van der Waals surface area contributed by atoms with Gasteiger partial charge in [-0.3, -0.25) is 9.55 Å². The molecule has 0 aliphatic heterocycles. The molecule has 7 nitrogen and oxygen atoms in total. The van der Waals surface area contributed by atoms with Crippen molar-refractivity contribution in [3.8, 4) is 17.4 Å². The molecule has 0 amide bonds. The van der Waals surface area contributed by atoms with Crippen LogP contribution in [0.5, 0.6) is 5.88 Å². The Bertz CT molecular complexity index is 988. The summed E-state index contributed by atoms with van der Waals surface area (Å²) in [4.78, 5) is 24.1. The standard InChI is InChI=1S/C17H14Cl2N4O3/c1-9-6-20-7-14(21-9)15-22-10(2)16(26-17(24)25)23(15)8-11-5-12(18)3-4-13(11)19/h3-7H,8H2,1-2H3,(H,24,25). The fourth-order valence-corrected chi connectivity index (χ4v) is 2.89. The largest absolute Gasteiger partial charge is 0.512 e. The van der Waals surface area contributed by atoms with Gasteiger partial charge in [0, 0.05) is 16.2 Å². The van der Waals surface area contributed by atoms with E-state index >= 15 is 0 Å². The average Bonchev–Trinajstić information content (AvgIpc) is 2.87. The first-order chi connectivity index (χ1) is 12.3. The number of hydrogen-bond donors (Lipinski definition) is 1. The van der Waals surface area contributed by atoms with Gasteiger partial charge >= 0.3 is 6.16 Å². The highest BCUT2D eigenvalue weighted by atomic mass is 35.5. The van der Waals surface area contributed by atoms with Crippen LogP contribution in [0.3, 0.4) is 0 Å². The highest BCUT2D eigenvalue weighted by Gasteiger charge is 2.21. The lowest BCUT2D eigenvalue weighted by Crippen LogP contribution is -2.11. The topological polar surface area (TPSA) is 90.1 Å². The Hall–Kier alpha value is -2.64. The van der Waals surface area contributed by atoms with Crippen LogP contribution in [0.15, 0.2) is 30.6 Å². The zero-order valence-electron chi connectivity index (χ0n) is 13.9. The Balaban J connectivity index is 2.16. The first-order valence-corrected chi connectivity index (χ1v) is 8.31. The van der Waals surface area contributed by atoms with Gasteiger partial charge in [-0.2, -0.15) is 0 Å². The van der Waals surface area contributed by atoms with Crippen LogP contribution in [0.4, 0.5) is 4.79 Å². The minimum Gasteiger partial charge on any atom is -0.449 e. The second-order valence-corrected chi connectivity index (χ2v) is 6.41. The first-order valence-electron chi connectivity index (χ1n) is 7.56. The number of rotatable bonds is 4. The van der Waals surface area contributed by atoms with Crippen LogP contribution in [0, 0.1) is 13.8 Å². The summed E-state index contributed by atoms with van der Waals surface area (Å²) in [6, 6.07) is 5.05. The maximum absolute atomic E-state index is 11.1. The first kappa shape index (κ1) is 18.2. The lowest BCUT2D eigenvalue weighted by atomic mass is 10.2. The van der Waals surface area contributed by atoms with Gasteiger partial charge in [-0.25, -0.2) is 14.8 Å². The molecule has 0 bridgehead atoms. The lowest BCUT2D eigenvalue weighted by Gasteiger charge is -2.12. The van der Waals surface area contributed by atoms with Gasteiger partial charge in [0.15, 0.2) is 5.82 Å². The summed E-state index contributed by atoms with van der Waals surface area (Å²) >= 11 is 12.3. The Morgan fingerprint density at radius 3 is 2.69 bits per heavy atom. The molecule has 134 valence electrons. The van der Waals surface area contributed by atoms with Crippen molar-refractivity contribution in [1.82, 2.24) is 19.5 Å². The summed E-state index contributed by atoms with van der Waals surface area (Å²) < 4.78 is 6.53. The monoisotopic (exact) mass is 392 g/mol. The van der Waals surface area contributed by atoms with Crippen LogP contribution >= 0.6 is 23.2 Å². The number of imidazole rings is 1. The Morgan fingerprint density at radius 2 is 2.00 bits per heavy atom.